The van der Waals surface area contributed by atoms with Gasteiger partial charge in [0.1, 0.15) is 17.2 Å². The molecule has 2 unspecified atom stereocenters. The Labute approximate surface area is 113 Å². The first-order valence-electron chi connectivity index (χ1n) is 6.50. The van der Waals surface area contributed by atoms with Gasteiger partial charge in [-0.05, 0) is 30.2 Å². The molecule has 1 aromatic rings. The Morgan fingerprint density at radius 3 is 2.67 bits per heavy atom. The first-order valence-corrected chi connectivity index (χ1v) is 7.32. The van der Waals surface area contributed by atoms with Gasteiger partial charge in [0.15, 0.2) is 0 Å². The van der Waals surface area contributed by atoms with E-state index in [2.05, 4.69) is 19.9 Å². The Bertz CT molecular complexity index is 461. The van der Waals surface area contributed by atoms with Gasteiger partial charge in [-0.3, -0.25) is 0 Å². The van der Waals surface area contributed by atoms with Crippen LogP contribution in [0.2, 0.25) is 0 Å². The van der Waals surface area contributed by atoms with Gasteiger partial charge in [0, 0.05) is 4.88 Å². The van der Waals surface area contributed by atoms with E-state index < -0.39 is 6.17 Å². The average molecular weight is 268 g/mol. The molecule has 2 N–H and O–H groups in total. The highest BCUT2D eigenvalue weighted by Crippen LogP contribution is 2.51. The number of thiophene rings is 1. The highest BCUT2D eigenvalue weighted by molar-refractivity contribution is 7.16. The first-order chi connectivity index (χ1) is 8.53. The Kier molecular flexibility index (Phi) is 4.75. The van der Waals surface area contributed by atoms with Crippen molar-refractivity contribution < 1.29 is 4.39 Å². The minimum Gasteiger partial charge on any atom is -0.389 e. The second-order valence-electron chi connectivity index (χ2n) is 4.61. The van der Waals surface area contributed by atoms with Crippen molar-refractivity contribution in [1.29, 1.82) is 5.26 Å². The zero-order chi connectivity index (χ0) is 13.9. The fraction of sp³-hybridized carbons (Fsp3) is 0.643. The van der Waals surface area contributed by atoms with E-state index in [9.17, 15) is 4.39 Å². The normalized spacial score (nSPS) is 25.7. The Morgan fingerprint density at radius 2 is 2.17 bits per heavy atom. The van der Waals surface area contributed by atoms with Gasteiger partial charge in [-0.1, -0.05) is 27.7 Å². The van der Waals surface area contributed by atoms with Crippen LogP contribution in [0.15, 0.2) is 0 Å². The molecule has 1 aliphatic rings. The molecule has 0 radical (unpaired) electrons. The molecular weight excluding hydrogens is 247 g/mol. The number of rotatable bonds is 1. The molecule has 0 bridgehead atoms. The Hall–Kier alpha value is -1.08. The predicted octanol–water partition coefficient (Wildman–Crippen LogP) is 4.70. The van der Waals surface area contributed by atoms with Crippen LogP contribution in [0.3, 0.4) is 0 Å². The lowest BCUT2D eigenvalue weighted by Crippen LogP contribution is -2.27. The average Bonchev–Trinajstić information content (AvgIpc) is 2.75. The van der Waals surface area contributed by atoms with Crippen LogP contribution >= 0.6 is 11.3 Å². The highest BCUT2D eigenvalue weighted by Gasteiger charge is 2.39. The Balaban J connectivity index is 0.000000771. The molecule has 4 heteroatoms. The summed E-state index contributed by atoms with van der Waals surface area (Å²) in [4.78, 5) is 0.685. The second kappa shape index (κ2) is 5.71. The van der Waals surface area contributed by atoms with E-state index in [1.807, 2.05) is 13.8 Å². The lowest BCUT2D eigenvalue weighted by atomic mass is 9.70. The van der Waals surface area contributed by atoms with E-state index in [0.29, 0.717) is 21.9 Å². The first kappa shape index (κ1) is 15.0. The van der Waals surface area contributed by atoms with E-state index >= 15 is 0 Å². The van der Waals surface area contributed by atoms with Gasteiger partial charge in [0.25, 0.3) is 0 Å². The van der Waals surface area contributed by atoms with Crippen molar-refractivity contribution in [2.75, 3.05) is 5.73 Å². The van der Waals surface area contributed by atoms with Crippen LogP contribution in [-0.2, 0) is 5.41 Å². The van der Waals surface area contributed by atoms with Crippen LogP contribution in [0, 0.1) is 11.3 Å². The lowest BCUT2D eigenvalue weighted by molar-refractivity contribution is 0.252. The minimum absolute atomic E-state index is 0.0862. The molecule has 2 nitrogen and oxygen atoms in total. The largest absolute Gasteiger partial charge is 0.389 e. The van der Waals surface area contributed by atoms with Crippen molar-refractivity contribution in [2.45, 2.75) is 58.5 Å². The fourth-order valence-electron chi connectivity index (χ4n) is 2.45. The zero-order valence-corrected chi connectivity index (χ0v) is 12.3. The topological polar surface area (TPSA) is 49.8 Å². The molecule has 1 heterocycles. The maximum atomic E-state index is 13.8. The maximum Gasteiger partial charge on any atom is 0.135 e. The van der Waals surface area contributed by atoms with E-state index in [4.69, 9.17) is 11.0 Å². The summed E-state index contributed by atoms with van der Waals surface area (Å²) in [6.07, 6.45) is 1.31. The monoisotopic (exact) mass is 268 g/mol. The molecule has 0 amide bonds. The van der Waals surface area contributed by atoms with Crippen molar-refractivity contribution in [3.8, 4) is 6.07 Å². The van der Waals surface area contributed by atoms with Crippen LogP contribution in [0.4, 0.5) is 9.39 Å². The number of fused-ring (bicyclic) bond motifs is 1. The van der Waals surface area contributed by atoms with Crippen LogP contribution in [0.5, 0.6) is 0 Å². The van der Waals surface area contributed by atoms with Crippen molar-refractivity contribution in [3.63, 3.8) is 0 Å². The summed E-state index contributed by atoms with van der Waals surface area (Å²) < 4.78 is 13.8. The van der Waals surface area contributed by atoms with Gasteiger partial charge in [-0.15, -0.1) is 11.3 Å². The third-order valence-electron chi connectivity index (χ3n) is 3.69. The quantitative estimate of drug-likeness (QED) is 0.802. The SMILES string of the molecule is CC.CCC1(C)CCC(F)c2sc(N)c(C#N)c21. The summed E-state index contributed by atoms with van der Waals surface area (Å²) in [7, 11) is 0. The summed E-state index contributed by atoms with van der Waals surface area (Å²) in [5, 5.41) is 9.60. The number of nitrogen functional groups attached to an aromatic ring is 1. The number of halogens is 1. The van der Waals surface area contributed by atoms with Gasteiger partial charge in [0.2, 0.25) is 0 Å². The zero-order valence-electron chi connectivity index (χ0n) is 11.5. The molecule has 2 rings (SSSR count). The molecule has 0 spiro atoms. The van der Waals surface area contributed by atoms with E-state index in [1.54, 1.807) is 0 Å². The maximum absolute atomic E-state index is 13.8. The summed E-state index contributed by atoms with van der Waals surface area (Å²) in [5.41, 5.74) is 7.09. The van der Waals surface area contributed by atoms with E-state index in [-0.39, 0.29) is 5.41 Å². The summed E-state index contributed by atoms with van der Waals surface area (Å²) in [6.45, 7) is 8.18. The predicted molar refractivity (Wildman–Crippen MR) is 75.5 cm³/mol. The van der Waals surface area contributed by atoms with E-state index in [0.717, 1.165) is 18.4 Å². The molecule has 2 atom stereocenters. The third kappa shape index (κ3) is 2.24. The van der Waals surface area contributed by atoms with Crippen molar-refractivity contribution in [3.05, 3.63) is 16.0 Å². The van der Waals surface area contributed by atoms with Crippen LogP contribution < -0.4 is 5.73 Å². The van der Waals surface area contributed by atoms with E-state index in [1.165, 1.54) is 11.3 Å². The van der Waals surface area contributed by atoms with Gasteiger partial charge in [0.05, 0.1) is 5.56 Å². The van der Waals surface area contributed by atoms with Gasteiger partial charge < -0.3 is 5.73 Å². The molecule has 18 heavy (non-hydrogen) atoms. The second-order valence-corrected chi connectivity index (χ2v) is 5.70. The molecule has 0 aliphatic heterocycles. The van der Waals surface area contributed by atoms with Crippen molar-refractivity contribution in [2.24, 2.45) is 0 Å². The van der Waals surface area contributed by atoms with Crippen LogP contribution in [0.1, 0.15) is 69.1 Å². The number of hydrogen-bond donors (Lipinski definition) is 1. The minimum atomic E-state index is -0.941. The summed E-state index contributed by atoms with van der Waals surface area (Å²) >= 11 is 1.25. The third-order valence-corrected chi connectivity index (χ3v) is 4.80. The standard InChI is InChI=1S/C12H15FN2S.C2H6/c1-3-12(2)5-4-8(13)10-9(12)7(6-14)11(15)16-10;1-2/h8H,3-5,15H2,1-2H3;1-2H3. The van der Waals surface area contributed by atoms with Gasteiger partial charge in [-0.2, -0.15) is 5.26 Å². The van der Waals surface area contributed by atoms with Gasteiger partial charge >= 0.3 is 0 Å². The van der Waals surface area contributed by atoms with Gasteiger partial charge in [-0.25, -0.2) is 4.39 Å². The highest BCUT2D eigenvalue weighted by atomic mass is 32.1. The number of nitrogens with zero attached hydrogens (tertiary/aromatic N) is 1. The molecule has 1 aromatic heterocycles. The number of alkyl halides is 1. The number of hydrogen-bond acceptors (Lipinski definition) is 3. The van der Waals surface area contributed by atoms with Crippen LogP contribution in [-0.4, -0.2) is 0 Å². The molecule has 0 saturated heterocycles. The fourth-order valence-corrected chi connectivity index (χ4v) is 3.64. The molecule has 0 saturated carbocycles. The molecule has 1 aliphatic carbocycles. The van der Waals surface area contributed by atoms with Crippen molar-refractivity contribution in [1.82, 2.24) is 0 Å². The summed E-state index contributed by atoms with van der Waals surface area (Å²) in [6, 6.07) is 2.13. The van der Waals surface area contributed by atoms with Crippen molar-refractivity contribution >= 4 is 16.3 Å². The smallest absolute Gasteiger partial charge is 0.135 e. The number of nitrogens with two attached hydrogens (primary N) is 1. The molecule has 0 aromatic carbocycles. The van der Waals surface area contributed by atoms with Crippen LogP contribution in [0.25, 0.3) is 0 Å². The lowest BCUT2D eigenvalue weighted by Gasteiger charge is -2.34. The number of anilines is 1. The Morgan fingerprint density at radius 1 is 1.56 bits per heavy atom. The molecule has 0 fully saturated rings. The summed E-state index contributed by atoms with van der Waals surface area (Å²) in [5.74, 6) is 0. The number of nitriles is 1. The molecule has 100 valence electrons. The molecular formula is C14H21FN2S.